The SMILES string of the molecule is CC1=C(/C=C\C2=CCC[C@]3(C)[C@@H]([C@H](C)CCC[C@H](O)c4nccs4)CC[C@@H]23)C[C@@H](O)C[C@@H]1O. The predicted molar refractivity (Wildman–Crippen MR) is 135 cm³/mol. The Labute approximate surface area is 203 Å². The molecule has 1 fully saturated rings. The third-order valence-electron chi connectivity index (χ3n) is 8.87. The van der Waals surface area contributed by atoms with Gasteiger partial charge in [-0.25, -0.2) is 4.98 Å². The van der Waals surface area contributed by atoms with Crippen LogP contribution in [0.1, 0.15) is 89.7 Å². The van der Waals surface area contributed by atoms with Crippen molar-refractivity contribution in [3.8, 4) is 0 Å². The van der Waals surface area contributed by atoms with Gasteiger partial charge in [0.15, 0.2) is 0 Å². The van der Waals surface area contributed by atoms with Crippen LogP contribution in [0, 0.1) is 23.2 Å². The van der Waals surface area contributed by atoms with Crippen LogP contribution in [0.4, 0.5) is 0 Å². The maximum absolute atomic E-state index is 10.4. The summed E-state index contributed by atoms with van der Waals surface area (Å²) in [7, 11) is 0. The third kappa shape index (κ3) is 5.37. The van der Waals surface area contributed by atoms with E-state index in [0.717, 1.165) is 47.8 Å². The first-order chi connectivity index (χ1) is 15.8. The minimum Gasteiger partial charge on any atom is -0.393 e. The van der Waals surface area contributed by atoms with E-state index in [-0.39, 0.29) is 0 Å². The Morgan fingerprint density at radius 2 is 2.06 bits per heavy atom. The van der Waals surface area contributed by atoms with Gasteiger partial charge in [-0.15, -0.1) is 11.3 Å². The van der Waals surface area contributed by atoms with Crippen molar-refractivity contribution in [2.45, 2.75) is 96.9 Å². The Kier molecular flexibility index (Phi) is 7.95. The highest BCUT2D eigenvalue weighted by Crippen LogP contribution is 2.58. The zero-order valence-electron chi connectivity index (χ0n) is 20.4. The van der Waals surface area contributed by atoms with E-state index >= 15 is 0 Å². The minimum absolute atomic E-state index is 0.330. The Morgan fingerprint density at radius 3 is 2.82 bits per heavy atom. The van der Waals surface area contributed by atoms with Crippen molar-refractivity contribution in [2.24, 2.45) is 23.2 Å². The van der Waals surface area contributed by atoms with Crippen LogP contribution >= 0.6 is 11.3 Å². The molecule has 1 aromatic rings. The molecule has 3 N–H and O–H groups in total. The van der Waals surface area contributed by atoms with Gasteiger partial charge in [0, 0.05) is 18.0 Å². The van der Waals surface area contributed by atoms with E-state index in [9.17, 15) is 15.3 Å². The number of rotatable bonds is 8. The summed E-state index contributed by atoms with van der Waals surface area (Å²) in [4.78, 5) is 4.25. The van der Waals surface area contributed by atoms with Gasteiger partial charge in [0.25, 0.3) is 0 Å². The van der Waals surface area contributed by atoms with Crippen LogP contribution in [-0.4, -0.2) is 32.5 Å². The molecule has 1 heterocycles. The lowest BCUT2D eigenvalue weighted by Gasteiger charge is -2.43. The van der Waals surface area contributed by atoms with Crippen LogP contribution in [0.3, 0.4) is 0 Å². The minimum atomic E-state index is -0.523. The average molecular weight is 472 g/mol. The van der Waals surface area contributed by atoms with Gasteiger partial charge in [-0.1, -0.05) is 44.9 Å². The van der Waals surface area contributed by atoms with Crippen LogP contribution in [0.15, 0.2) is 46.5 Å². The molecule has 3 aliphatic rings. The van der Waals surface area contributed by atoms with E-state index in [1.165, 1.54) is 36.2 Å². The van der Waals surface area contributed by atoms with Gasteiger partial charge in [0.1, 0.15) is 11.1 Å². The molecule has 7 atom stereocenters. The summed E-state index contributed by atoms with van der Waals surface area (Å²) in [5.74, 6) is 1.96. The number of aliphatic hydroxyl groups is 3. The first-order valence-electron chi connectivity index (χ1n) is 12.8. The van der Waals surface area contributed by atoms with Gasteiger partial charge in [-0.2, -0.15) is 0 Å². The van der Waals surface area contributed by atoms with Gasteiger partial charge < -0.3 is 15.3 Å². The number of hydrogen-bond donors (Lipinski definition) is 3. The lowest BCUT2D eigenvalue weighted by molar-refractivity contribution is 0.0878. The molecule has 182 valence electrons. The summed E-state index contributed by atoms with van der Waals surface area (Å²) in [6, 6.07) is 0. The molecule has 1 aromatic heterocycles. The molecule has 0 saturated heterocycles. The van der Waals surface area contributed by atoms with Crippen LogP contribution in [0.5, 0.6) is 0 Å². The Hall–Kier alpha value is -1.27. The van der Waals surface area contributed by atoms with E-state index < -0.39 is 18.3 Å². The first-order valence-corrected chi connectivity index (χ1v) is 13.7. The topological polar surface area (TPSA) is 73.6 Å². The Morgan fingerprint density at radius 1 is 1.24 bits per heavy atom. The number of hydrogen-bond acceptors (Lipinski definition) is 5. The highest BCUT2D eigenvalue weighted by atomic mass is 32.1. The second-order valence-corrected chi connectivity index (χ2v) is 11.9. The van der Waals surface area contributed by atoms with Crippen molar-refractivity contribution in [1.29, 1.82) is 0 Å². The predicted octanol–water partition coefficient (Wildman–Crippen LogP) is 6.12. The van der Waals surface area contributed by atoms with Crippen molar-refractivity contribution >= 4 is 11.3 Å². The molecular formula is C28H41NO3S. The van der Waals surface area contributed by atoms with Gasteiger partial charge in [0.05, 0.1) is 12.2 Å². The molecular weight excluding hydrogens is 430 g/mol. The fraction of sp³-hybridized carbons (Fsp3) is 0.679. The molecule has 3 aliphatic carbocycles. The second-order valence-electron chi connectivity index (χ2n) is 10.9. The maximum atomic E-state index is 10.4. The summed E-state index contributed by atoms with van der Waals surface area (Å²) >= 11 is 1.54. The number of allylic oxidation sites excluding steroid dienone is 4. The number of nitrogens with zero attached hydrogens (tertiary/aromatic N) is 1. The van der Waals surface area contributed by atoms with Crippen molar-refractivity contribution < 1.29 is 15.3 Å². The van der Waals surface area contributed by atoms with Crippen molar-refractivity contribution in [2.75, 3.05) is 0 Å². The second kappa shape index (κ2) is 10.6. The monoisotopic (exact) mass is 471 g/mol. The fourth-order valence-corrected chi connectivity index (χ4v) is 7.54. The highest BCUT2D eigenvalue weighted by Gasteiger charge is 2.49. The smallest absolute Gasteiger partial charge is 0.121 e. The largest absolute Gasteiger partial charge is 0.393 e. The van der Waals surface area contributed by atoms with Crippen molar-refractivity contribution in [3.63, 3.8) is 0 Å². The zero-order chi connectivity index (χ0) is 23.6. The molecule has 1 saturated carbocycles. The summed E-state index contributed by atoms with van der Waals surface area (Å²) in [6.45, 7) is 6.92. The van der Waals surface area contributed by atoms with E-state index in [0.29, 0.717) is 30.1 Å². The van der Waals surface area contributed by atoms with E-state index in [1.807, 2.05) is 12.3 Å². The lowest BCUT2D eigenvalue weighted by atomic mass is 9.62. The summed E-state index contributed by atoms with van der Waals surface area (Å²) < 4.78 is 0. The molecule has 33 heavy (non-hydrogen) atoms. The Bertz CT molecular complexity index is 889. The number of aliphatic hydroxyl groups excluding tert-OH is 3. The molecule has 4 nitrogen and oxygen atoms in total. The third-order valence-corrected chi connectivity index (χ3v) is 9.75. The standard InChI is InChI=1S/C28H41NO3S/c1-18(6-4-8-25(31)27-29-14-15-33-27)23-11-12-24-20(7-5-13-28(23,24)3)9-10-21-16-22(30)17-26(32)19(21)2/h7,9-10,14-15,18,22-26,30-32H,4-6,8,11-13,16-17H2,1-3H3/b10-9-/t18-,22-,23-,24+,25+,26+,28-/m1/s1. The number of fused-ring (bicyclic) bond motifs is 1. The van der Waals surface area contributed by atoms with E-state index in [1.54, 1.807) is 6.20 Å². The van der Waals surface area contributed by atoms with Crippen LogP contribution in [0.25, 0.3) is 0 Å². The molecule has 0 unspecified atom stereocenters. The molecule has 0 spiro atoms. The molecule has 0 aromatic carbocycles. The van der Waals surface area contributed by atoms with Crippen molar-refractivity contribution in [3.05, 3.63) is 51.5 Å². The van der Waals surface area contributed by atoms with Gasteiger partial charge in [-0.3, -0.25) is 0 Å². The van der Waals surface area contributed by atoms with Gasteiger partial charge in [-0.05, 0) is 85.3 Å². The summed E-state index contributed by atoms with van der Waals surface area (Å²) in [6.07, 6.45) is 16.2. The van der Waals surface area contributed by atoms with Gasteiger partial charge >= 0.3 is 0 Å². The zero-order valence-corrected chi connectivity index (χ0v) is 21.2. The summed E-state index contributed by atoms with van der Waals surface area (Å²) in [5.41, 5.74) is 3.88. The molecule has 5 heteroatoms. The first kappa shape index (κ1) is 24.8. The molecule has 0 amide bonds. The molecule has 4 rings (SSSR count). The Balaban J connectivity index is 1.37. The maximum Gasteiger partial charge on any atom is 0.121 e. The summed E-state index contributed by atoms with van der Waals surface area (Å²) in [5, 5.41) is 33.5. The molecule has 0 bridgehead atoms. The quantitative estimate of drug-likeness (QED) is 0.427. The van der Waals surface area contributed by atoms with Crippen LogP contribution < -0.4 is 0 Å². The number of aromatic nitrogens is 1. The number of thiazole rings is 1. The van der Waals surface area contributed by atoms with Gasteiger partial charge in [0.2, 0.25) is 0 Å². The highest BCUT2D eigenvalue weighted by molar-refractivity contribution is 7.09. The van der Waals surface area contributed by atoms with E-state index in [4.69, 9.17) is 0 Å². The fourth-order valence-electron chi connectivity index (χ4n) is 6.88. The van der Waals surface area contributed by atoms with Crippen molar-refractivity contribution in [1.82, 2.24) is 4.98 Å². The van der Waals surface area contributed by atoms with Crippen LogP contribution in [-0.2, 0) is 0 Å². The lowest BCUT2D eigenvalue weighted by Crippen LogP contribution is -2.35. The molecule has 0 aliphatic heterocycles. The molecule has 0 radical (unpaired) electrons. The van der Waals surface area contributed by atoms with E-state index in [2.05, 4.69) is 37.1 Å². The normalized spacial score (nSPS) is 34.4. The van der Waals surface area contributed by atoms with Crippen LogP contribution in [0.2, 0.25) is 0 Å². The average Bonchev–Trinajstić information content (AvgIpc) is 3.43.